The van der Waals surface area contributed by atoms with Crippen molar-refractivity contribution in [2.24, 2.45) is 0 Å². The van der Waals surface area contributed by atoms with E-state index in [-0.39, 0.29) is 17.8 Å². The number of ether oxygens (including phenoxy) is 1. The van der Waals surface area contributed by atoms with Gasteiger partial charge in [-0.05, 0) is 49.2 Å². The maximum Gasteiger partial charge on any atom is 0.322 e. The number of non-ortho nitro benzene ring substituents is 1. The molecular weight excluding hydrogens is 390 g/mol. The van der Waals surface area contributed by atoms with Crippen LogP contribution >= 0.6 is 0 Å². The zero-order chi connectivity index (χ0) is 21.1. The van der Waals surface area contributed by atoms with Crippen LogP contribution in [-0.2, 0) is 0 Å². The Hall–Kier alpha value is -3.95. The number of benzene rings is 2. The van der Waals surface area contributed by atoms with Gasteiger partial charge >= 0.3 is 6.03 Å². The van der Waals surface area contributed by atoms with Gasteiger partial charge in [0, 0.05) is 29.9 Å². The lowest BCUT2D eigenvalue weighted by molar-refractivity contribution is -0.384. The highest BCUT2D eigenvalue weighted by molar-refractivity contribution is 5.89. The number of hydrogen-bond acceptors (Lipinski definition) is 7. The molecule has 2 aromatic carbocycles. The highest BCUT2D eigenvalue weighted by Crippen LogP contribution is 2.33. The summed E-state index contributed by atoms with van der Waals surface area (Å²) in [5.74, 6) is 1.54. The number of nitro benzene ring substituents is 1. The van der Waals surface area contributed by atoms with Crippen LogP contribution in [0, 0.1) is 10.1 Å². The maximum absolute atomic E-state index is 12.7. The van der Waals surface area contributed by atoms with E-state index in [1.54, 1.807) is 12.0 Å². The largest absolute Gasteiger partial charge is 0.497 e. The van der Waals surface area contributed by atoms with Crippen molar-refractivity contribution in [3.8, 4) is 17.1 Å². The first-order chi connectivity index (χ1) is 14.5. The van der Waals surface area contributed by atoms with Crippen molar-refractivity contribution in [3.63, 3.8) is 0 Å². The number of nitrogens with one attached hydrogen (secondary N) is 1. The Labute approximate surface area is 171 Å². The second kappa shape index (κ2) is 8.19. The molecule has 0 bridgehead atoms. The average Bonchev–Trinajstić information content (AvgIpc) is 3.44. The third kappa shape index (κ3) is 3.93. The number of methoxy groups -OCH3 is 1. The summed E-state index contributed by atoms with van der Waals surface area (Å²) >= 11 is 0. The van der Waals surface area contributed by atoms with Gasteiger partial charge in [0.25, 0.3) is 5.69 Å². The summed E-state index contributed by atoms with van der Waals surface area (Å²) in [5, 5.41) is 17.6. The van der Waals surface area contributed by atoms with Gasteiger partial charge in [0.15, 0.2) is 0 Å². The number of carbonyl (C=O) groups is 1. The van der Waals surface area contributed by atoms with Crippen LogP contribution in [0.4, 0.5) is 16.2 Å². The van der Waals surface area contributed by atoms with Crippen molar-refractivity contribution in [3.05, 3.63) is 64.5 Å². The van der Waals surface area contributed by atoms with Crippen molar-refractivity contribution in [1.29, 1.82) is 0 Å². The Kier molecular flexibility index (Phi) is 5.29. The molecule has 0 saturated carbocycles. The summed E-state index contributed by atoms with van der Waals surface area (Å²) in [6, 6.07) is 12.3. The highest BCUT2D eigenvalue weighted by atomic mass is 16.6. The molecule has 1 N–H and O–H groups in total. The first kappa shape index (κ1) is 19.4. The summed E-state index contributed by atoms with van der Waals surface area (Å²) in [6.07, 6.45) is 1.51. The van der Waals surface area contributed by atoms with Gasteiger partial charge in [-0.3, -0.25) is 10.1 Å². The van der Waals surface area contributed by atoms with E-state index in [0.29, 0.717) is 30.4 Å². The van der Waals surface area contributed by atoms with E-state index in [1.165, 1.54) is 24.3 Å². The molecule has 1 aliphatic heterocycles. The summed E-state index contributed by atoms with van der Waals surface area (Å²) in [6.45, 7) is 0.545. The molecule has 2 heterocycles. The summed E-state index contributed by atoms with van der Waals surface area (Å²) in [4.78, 5) is 29.1. The van der Waals surface area contributed by atoms with Crippen LogP contribution in [0.5, 0.6) is 5.75 Å². The van der Waals surface area contributed by atoms with E-state index in [1.807, 2.05) is 24.3 Å². The molecule has 154 valence electrons. The van der Waals surface area contributed by atoms with Crippen LogP contribution in [0.1, 0.15) is 24.8 Å². The van der Waals surface area contributed by atoms with Crippen molar-refractivity contribution in [2.45, 2.75) is 18.9 Å². The number of anilines is 1. The van der Waals surface area contributed by atoms with Crippen molar-refractivity contribution in [2.75, 3.05) is 19.0 Å². The van der Waals surface area contributed by atoms with E-state index in [0.717, 1.165) is 17.7 Å². The lowest BCUT2D eigenvalue weighted by Gasteiger charge is -2.22. The minimum atomic E-state index is -0.488. The average molecular weight is 409 g/mol. The first-order valence-corrected chi connectivity index (χ1v) is 9.35. The third-order valence-corrected chi connectivity index (χ3v) is 4.92. The highest BCUT2D eigenvalue weighted by Gasteiger charge is 2.34. The smallest absolute Gasteiger partial charge is 0.322 e. The molecular formula is C20H19N5O5. The van der Waals surface area contributed by atoms with E-state index in [2.05, 4.69) is 15.5 Å². The Balaban J connectivity index is 1.47. The van der Waals surface area contributed by atoms with Gasteiger partial charge in [0.05, 0.1) is 12.0 Å². The number of nitrogens with zero attached hydrogens (tertiary/aromatic N) is 4. The number of aromatic nitrogens is 2. The predicted octanol–water partition coefficient (Wildman–Crippen LogP) is 4.02. The Morgan fingerprint density at radius 1 is 1.23 bits per heavy atom. The van der Waals surface area contributed by atoms with Crippen LogP contribution in [0.3, 0.4) is 0 Å². The zero-order valence-electron chi connectivity index (χ0n) is 16.1. The summed E-state index contributed by atoms with van der Waals surface area (Å²) < 4.78 is 10.6. The van der Waals surface area contributed by atoms with Crippen molar-refractivity contribution >= 4 is 17.4 Å². The quantitative estimate of drug-likeness (QED) is 0.498. The van der Waals surface area contributed by atoms with Crippen LogP contribution in [0.25, 0.3) is 11.4 Å². The second-order valence-electron chi connectivity index (χ2n) is 6.77. The number of amides is 2. The molecule has 10 nitrogen and oxygen atoms in total. The summed E-state index contributed by atoms with van der Waals surface area (Å²) in [7, 11) is 1.60. The normalized spacial score (nSPS) is 15.8. The monoisotopic (exact) mass is 409 g/mol. The summed E-state index contributed by atoms with van der Waals surface area (Å²) in [5.41, 5.74) is 1.22. The van der Waals surface area contributed by atoms with Gasteiger partial charge in [-0.1, -0.05) is 5.16 Å². The molecule has 0 spiro atoms. The first-order valence-electron chi connectivity index (χ1n) is 9.35. The topological polar surface area (TPSA) is 124 Å². The molecule has 0 aliphatic carbocycles. The number of urea groups is 1. The molecule has 1 aromatic heterocycles. The zero-order valence-corrected chi connectivity index (χ0v) is 16.1. The lowest BCUT2D eigenvalue weighted by atomic mass is 10.2. The Bertz CT molecular complexity index is 1050. The number of carbonyl (C=O) groups excluding carboxylic acids is 1. The van der Waals surface area contributed by atoms with Crippen LogP contribution in [0.2, 0.25) is 0 Å². The molecule has 1 aliphatic rings. The van der Waals surface area contributed by atoms with Gasteiger partial charge in [0.2, 0.25) is 11.7 Å². The van der Waals surface area contributed by atoms with Crippen molar-refractivity contribution < 1.29 is 19.0 Å². The van der Waals surface area contributed by atoms with Gasteiger partial charge in [-0.25, -0.2) is 4.79 Å². The molecule has 1 fully saturated rings. The van der Waals surface area contributed by atoms with E-state index < -0.39 is 4.92 Å². The lowest BCUT2D eigenvalue weighted by Crippen LogP contribution is -2.34. The predicted molar refractivity (Wildman–Crippen MR) is 107 cm³/mol. The van der Waals surface area contributed by atoms with E-state index >= 15 is 0 Å². The fraction of sp³-hybridized carbons (Fsp3) is 0.250. The maximum atomic E-state index is 12.7. The van der Waals surface area contributed by atoms with E-state index in [4.69, 9.17) is 9.26 Å². The number of likely N-dealkylation sites (tertiary alicyclic amines) is 1. The SMILES string of the molecule is COc1ccc(-c2noc([C@H]3CCCN3C(=O)Nc3ccc([N+](=O)[O-])cc3)n2)cc1. The minimum Gasteiger partial charge on any atom is -0.497 e. The minimum absolute atomic E-state index is 0.0380. The number of nitro groups is 1. The van der Waals surface area contributed by atoms with Crippen LogP contribution < -0.4 is 10.1 Å². The molecule has 30 heavy (non-hydrogen) atoms. The number of rotatable bonds is 5. The molecule has 0 radical (unpaired) electrons. The van der Waals surface area contributed by atoms with Crippen molar-refractivity contribution in [1.82, 2.24) is 15.0 Å². The van der Waals surface area contributed by atoms with Crippen LogP contribution in [-0.4, -0.2) is 39.6 Å². The standard InChI is InChI=1S/C20H19N5O5/c1-29-16-10-4-13(5-11-16)18-22-19(30-23-18)17-3-2-12-24(17)20(26)21-14-6-8-15(9-7-14)25(27)28/h4-11,17H,2-3,12H2,1H3,(H,21,26)/t17-/m1/s1. The number of hydrogen-bond donors (Lipinski definition) is 1. The fourth-order valence-corrected chi connectivity index (χ4v) is 3.36. The molecule has 10 heteroatoms. The van der Waals surface area contributed by atoms with E-state index in [9.17, 15) is 14.9 Å². The molecule has 4 rings (SSSR count). The van der Waals surface area contributed by atoms with Gasteiger partial charge < -0.3 is 19.5 Å². The Morgan fingerprint density at radius 2 is 1.97 bits per heavy atom. The molecule has 1 saturated heterocycles. The molecule has 0 unspecified atom stereocenters. The second-order valence-corrected chi connectivity index (χ2v) is 6.77. The van der Waals surface area contributed by atoms with Gasteiger partial charge in [0.1, 0.15) is 11.8 Å². The molecule has 2 amide bonds. The third-order valence-electron chi connectivity index (χ3n) is 4.92. The van der Waals surface area contributed by atoms with Gasteiger partial charge in [-0.2, -0.15) is 4.98 Å². The molecule has 3 aromatic rings. The molecule has 1 atom stereocenters. The van der Waals surface area contributed by atoms with Crippen LogP contribution in [0.15, 0.2) is 53.1 Å². The van der Waals surface area contributed by atoms with Gasteiger partial charge in [-0.15, -0.1) is 0 Å². The Morgan fingerprint density at radius 3 is 2.63 bits per heavy atom. The fourth-order valence-electron chi connectivity index (χ4n) is 3.36.